The van der Waals surface area contributed by atoms with E-state index in [2.05, 4.69) is 39.5 Å². The Morgan fingerprint density at radius 2 is 1.75 bits per heavy atom. The molecule has 0 radical (unpaired) electrons. The van der Waals surface area contributed by atoms with Crippen molar-refractivity contribution in [3.05, 3.63) is 111 Å². The van der Waals surface area contributed by atoms with Gasteiger partial charge in [0, 0.05) is 43.1 Å². The molecule has 3 aromatic carbocycles. The molecule has 3 aromatic heterocycles. The largest absolute Gasteiger partial charge is 0.491 e. The lowest BCUT2D eigenvalue weighted by Gasteiger charge is -2.33. The van der Waals surface area contributed by atoms with Crippen LogP contribution in [0.3, 0.4) is 0 Å². The molecule has 1 saturated heterocycles. The number of piperidine rings is 1. The Bertz CT molecular complexity index is 2130. The highest BCUT2D eigenvalue weighted by atomic mass is 16.5. The number of nitrogen functional groups attached to an aromatic ring is 1. The monoisotopic (exact) mass is 588 g/mol. The van der Waals surface area contributed by atoms with E-state index < -0.39 is 23.6 Å². The van der Waals surface area contributed by atoms with Gasteiger partial charge < -0.3 is 15.8 Å². The van der Waals surface area contributed by atoms with Gasteiger partial charge in [-0.25, -0.2) is 15.0 Å². The van der Waals surface area contributed by atoms with Crippen LogP contribution in [-0.4, -0.2) is 50.6 Å². The van der Waals surface area contributed by atoms with Crippen LogP contribution in [-0.2, 0) is 6.54 Å². The molecular weight excluding hydrogens is 554 g/mol. The van der Waals surface area contributed by atoms with Crippen molar-refractivity contribution in [1.82, 2.24) is 24.4 Å². The summed E-state index contributed by atoms with van der Waals surface area (Å²) in [6, 6.07) is 25.9. The fraction of sp³-hybridized carbons (Fsp3) is 0.206. The summed E-state index contributed by atoms with van der Waals surface area (Å²) in [7, 11) is -2.79. The van der Waals surface area contributed by atoms with Crippen LogP contribution in [0.15, 0.2) is 94.6 Å². The molecule has 44 heavy (non-hydrogen) atoms. The highest BCUT2D eigenvalue weighted by Gasteiger charge is 2.26. The summed E-state index contributed by atoms with van der Waals surface area (Å²) in [6.45, 7) is 2.24. The molecule has 0 aliphatic carbocycles. The van der Waals surface area contributed by atoms with Gasteiger partial charge in [-0.3, -0.25) is 19.1 Å². The van der Waals surface area contributed by atoms with E-state index in [0.29, 0.717) is 22.9 Å². The van der Waals surface area contributed by atoms with E-state index in [0.717, 1.165) is 60.5 Å². The van der Waals surface area contributed by atoms with Gasteiger partial charge in [-0.1, -0.05) is 42.5 Å². The summed E-state index contributed by atoms with van der Waals surface area (Å²) in [5, 5.41) is 3.05. The number of rotatable bonds is 8. The zero-order chi connectivity index (χ0) is 32.7. The Morgan fingerprint density at radius 1 is 0.955 bits per heavy atom. The normalized spacial score (nSPS) is 15.6. The second-order valence-corrected chi connectivity index (χ2v) is 10.9. The lowest BCUT2D eigenvalue weighted by Crippen LogP contribution is -2.42. The van der Waals surface area contributed by atoms with Gasteiger partial charge in [0.2, 0.25) is 0 Å². The first-order valence-corrected chi connectivity index (χ1v) is 14.4. The third-order valence-corrected chi connectivity index (χ3v) is 8.16. The second kappa shape index (κ2) is 11.4. The zero-order valence-corrected chi connectivity index (χ0v) is 23.7. The molecular formula is C34H31N7O3. The lowest BCUT2D eigenvalue weighted by atomic mass is 10.0. The van der Waals surface area contributed by atoms with E-state index in [-0.39, 0.29) is 11.7 Å². The Labute approximate surface area is 257 Å². The van der Waals surface area contributed by atoms with Gasteiger partial charge in [-0.05, 0) is 54.8 Å². The van der Waals surface area contributed by atoms with Gasteiger partial charge in [-0.2, -0.15) is 0 Å². The zero-order valence-electron chi connectivity index (χ0n) is 26.7. The van der Waals surface area contributed by atoms with Crippen LogP contribution in [0.25, 0.3) is 39.5 Å². The lowest BCUT2D eigenvalue weighted by molar-refractivity contribution is 0.211. The van der Waals surface area contributed by atoms with Gasteiger partial charge in [0.1, 0.15) is 17.0 Å². The maximum atomic E-state index is 12.1. The number of benzene rings is 2. The molecule has 0 unspecified atom stereocenters. The van der Waals surface area contributed by atoms with Crippen molar-refractivity contribution in [2.75, 3.05) is 31.2 Å². The number of hydrogen-bond donors (Lipinski definition) is 2. The highest BCUT2D eigenvalue weighted by molar-refractivity contribution is 5.84. The number of ether oxygens (including phenoxy) is 1. The molecule has 6 aromatic rings. The molecule has 1 aliphatic heterocycles. The molecule has 0 amide bonds. The Kier molecular flexibility index (Phi) is 6.24. The van der Waals surface area contributed by atoms with E-state index in [1.165, 1.54) is 0 Å². The molecule has 0 atom stereocenters. The summed E-state index contributed by atoms with van der Waals surface area (Å²) in [6.07, 6.45) is 3.09. The van der Waals surface area contributed by atoms with Crippen LogP contribution in [0.5, 0.6) is 5.75 Å². The molecule has 0 spiro atoms. The Hall–Kier alpha value is -5.35. The first-order valence-electron chi connectivity index (χ1n) is 15.9. The second-order valence-electron chi connectivity index (χ2n) is 10.9. The van der Waals surface area contributed by atoms with Gasteiger partial charge in [0.15, 0.2) is 17.2 Å². The first kappa shape index (κ1) is 24.1. The number of nitrogens with two attached hydrogens (primary N) is 1. The third-order valence-electron chi connectivity index (χ3n) is 8.16. The molecule has 10 heteroatoms. The quantitative estimate of drug-likeness (QED) is 0.249. The van der Waals surface area contributed by atoms with E-state index in [1.807, 2.05) is 59.2 Å². The van der Waals surface area contributed by atoms with Crippen molar-refractivity contribution in [1.29, 1.82) is 0 Å². The number of methoxy groups -OCH3 is 1. The van der Waals surface area contributed by atoms with Crippen molar-refractivity contribution in [2.24, 2.45) is 0 Å². The van der Waals surface area contributed by atoms with Gasteiger partial charge >= 0.3 is 0 Å². The molecule has 1 fully saturated rings. The molecule has 1 aliphatic rings. The van der Waals surface area contributed by atoms with Gasteiger partial charge in [0.25, 0.3) is 10.9 Å². The Balaban J connectivity index is 1.10. The SMILES string of the molecule is [2H]C([2H])([2H])Oc1c(NC2CCN(Cc3ccc(-n4c(-c5cccnc5N)nc5ccc(-c6ccccc6)nc54)cc3)CC2)c(=O)c1=O. The smallest absolute Gasteiger partial charge is 0.271 e. The van der Waals surface area contributed by atoms with Crippen molar-refractivity contribution in [2.45, 2.75) is 25.4 Å². The average Bonchev–Trinajstić information content (AvgIpc) is 3.46. The van der Waals surface area contributed by atoms with Crippen LogP contribution in [0.4, 0.5) is 11.5 Å². The van der Waals surface area contributed by atoms with Crippen molar-refractivity contribution >= 4 is 22.7 Å². The number of pyridine rings is 2. The molecule has 4 heterocycles. The summed E-state index contributed by atoms with van der Waals surface area (Å²) in [5.74, 6) is 0.635. The predicted molar refractivity (Wildman–Crippen MR) is 172 cm³/mol. The fourth-order valence-corrected chi connectivity index (χ4v) is 5.81. The standard InChI is InChI=1S/C34H31N7O3/c1-44-31-28(29(42)30(31)43)37-23-15-18-40(19-16-23)20-21-9-11-24(12-10-21)41-33(25-8-5-17-36-32(25)35)39-27-14-13-26(38-34(27)41)22-6-3-2-4-7-22/h2-14,17,23,37H,15-16,18-20H2,1H3,(H2,35,36)/i1D3. The van der Waals surface area contributed by atoms with E-state index in [1.54, 1.807) is 6.20 Å². The van der Waals surface area contributed by atoms with Crippen molar-refractivity contribution < 1.29 is 8.85 Å². The van der Waals surface area contributed by atoms with Crippen LogP contribution >= 0.6 is 0 Å². The predicted octanol–water partition coefficient (Wildman–Crippen LogP) is 4.41. The van der Waals surface area contributed by atoms with Crippen LogP contribution < -0.4 is 26.6 Å². The van der Waals surface area contributed by atoms with E-state index in [4.69, 9.17) is 24.6 Å². The molecule has 0 bridgehead atoms. The number of imidazole rings is 1. The van der Waals surface area contributed by atoms with Gasteiger partial charge in [-0.15, -0.1) is 0 Å². The van der Waals surface area contributed by atoms with Crippen LogP contribution in [0.1, 0.15) is 22.5 Å². The van der Waals surface area contributed by atoms with Crippen molar-refractivity contribution in [3.8, 4) is 34.1 Å². The topological polar surface area (TPSA) is 128 Å². The molecule has 7 rings (SSSR count). The van der Waals surface area contributed by atoms with Crippen molar-refractivity contribution in [3.63, 3.8) is 0 Å². The van der Waals surface area contributed by atoms with E-state index >= 15 is 0 Å². The number of hydrogen-bond acceptors (Lipinski definition) is 9. The number of nitrogens with zero attached hydrogens (tertiary/aromatic N) is 5. The van der Waals surface area contributed by atoms with Gasteiger partial charge in [0.05, 0.1) is 22.4 Å². The van der Waals surface area contributed by atoms with Crippen LogP contribution in [0, 0.1) is 0 Å². The molecule has 220 valence electrons. The molecule has 0 saturated carbocycles. The maximum Gasteiger partial charge on any atom is 0.271 e. The van der Waals surface area contributed by atoms with Crippen LogP contribution in [0.2, 0.25) is 0 Å². The maximum absolute atomic E-state index is 12.1. The van der Waals surface area contributed by atoms with E-state index in [9.17, 15) is 9.59 Å². The minimum absolute atomic E-state index is 0.0371. The molecule has 3 N–H and O–H groups in total. The molecule has 10 nitrogen and oxygen atoms in total. The average molecular weight is 589 g/mol. The number of likely N-dealkylation sites (tertiary alicyclic amines) is 1. The number of anilines is 2. The highest BCUT2D eigenvalue weighted by Crippen LogP contribution is 2.32. The number of aromatic nitrogens is 4. The fourth-order valence-electron chi connectivity index (χ4n) is 5.81. The summed E-state index contributed by atoms with van der Waals surface area (Å²) in [5.41, 5.74) is 10.6. The summed E-state index contributed by atoms with van der Waals surface area (Å²) in [4.78, 5) is 40.5. The minimum Gasteiger partial charge on any atom is -0.491 e. The number of fused-ring (bicyclic) bond motifs is 1. The summed E-state index contributed by atoms with van der Waals surface area (Å²) < 4.78 is 28.5. The summed E-state index contributed by atoms with van der Waals surface area (Å²) >= 11 is 0. The number of nitrogens with one attached hydrogen (secondary N) is 1. The minimum atomic E-state index is -2.79. The third kappa shape index (κ3) is 4.99. The Morgan fingerprint density at radius 3 is 2.50 bits per heavy atom. The first-order chi connectivity index (χ1) is 22.6.